The number of anilines is 2. The van der Waals surface area contributed by atoms with E-state index in [2.05, 4.69) is 28.5 Å². The molecule has 2 heterocycles. The molecule has 1 aliphatic rings. The minimum absolute atomic E-state index is 0.105. The van der Waals surface area contributed by atoms with E-state index in [0.29, 0.717) is 10.0 Å². The number of amides is 1. The van der Waals surface area contributed by atoms with Gasteiger partial charge in [-0.3, -0.25) is 4.79 Å². The highest BCUT2D eigenvalue weighted by molar-refractivity contribution is 6.42. The van der Waals surface area contributed by atoms with E-state index in [1.807, 2.05) is 24.3 Å². The van der Waals surface area contributed by atoms with Crippen LogP contribution in [0, 0.1) is 6.92 Å². The van der Waals surface area contributed by atoms with E-state index in [1.54, 1.807) is 12.1 Å². The highest BCUT2D eigenvalue weighted by atomic mass is 35.5. The summed E-state index contributed by atoms with van der Waals surface area (Å²) in [5, 5.41) is 8.36. The quantitative estimate of drug-likeness (QED) is 0.607. The lowest BCUT2D eigenvalue weighted by molar-refractivity contribution is -0.115. The summed E-state index contributed by atoms with van der Waals surface area (Å²) in [4.78, 5) is 19.7. The van der Waals surface area contributed by atoms with Gasteiger partial charge in [0.1, 0.15) is 5.82 Å². The van der Waals surface area contributed by atoms with E-state index in [1.165, 1.54) is 0 Å². The first-order valence-corrected chi connectivity index (χ1v) is 10.9. The van der Waals surface area contributed by atoms with E-state index in [0.717, 1.165) is 66.1 Å². The number of carbonyl (C=O) groups is 1. The van der Waals surface area contributed by atoms with Gasteiger partial charge in [-0.2, -0.15) is 0 Å². The minimum atomic E-state index is -0.105. The topological polar surface area (TPSA) is 57.3 Å². The Morgan fingerprint density at radius 3 is 2.80 bits per heavy atom. The molecule has 5 nitrogen and oxygen atoms in total. The van der Waals surface area contributed by atoms with Gasteiger partial charge >= 0.3 is 0 Å². The summed E-state index contributed by atoms with van der Waals surface area (Å²) in [6, 6.07) is 13.2. The second-order valence-corrected chi connectivity index (χ2v) is 8.41. The molecular formula is C23H24Cl2N4O. The molecule has 2 N–H and O–H groups in total. The van der Waals surface area contributed by atoms with Gasteiger partial charge in [-0.15, -0.1) is 0 Å². The van der Waals surface area contributed by atoms with Crippen molar-refractivity contribution >= 4 is 51.5 Å². The van der Waals surface area contributed by atoms with Crippen molar-refractivity contribution in [3.8, 4) is 0 Å². The Bertz CT molecular complexity index is 1080. The lowest BCUT2D eigenvalue weighted by Gasteiger charge is -2.22. The smallest absolute Gasteiger partial charge is 0.228 e. The van der Waals surface area contributed by atoms with Crippen molar-refractivity contribution in [1.29, 1.82) is 0 Å². The fourth-order valence-corrected chi connectivity index (χ4v) is 4.05. The SMILES string of the molecule is Cc1cc(N2CCCNCC2)nc2ccc(NC(=O)Cc3ccc(Cl)c(Cl)c3)cc12. The van der Waals surface area contributed by atoms with Crippen LogP contribution in [0.4, 0.5) is 11.5 Å². The third-order valence-electron chi connectivity index (χ3n) is 5.30. The molecule has 0 atom stereocenters. The van der Waals surface area contributed by atoms with E-state index in [4.69, 9.17) is 28.2 Å². The molecule has 3 aromatic rings. The first-order valence-electron chi connectivity index (χ1n) is 10.1. The molecule has 0 spiro atoms. The molecule has 4 rings (SSSR count). The zero-order valence-electron chi connectivity index (χ0n) is 16.8. The lowest BCUT2D eigenvalue weighted by atomic mass is 10.1. The highest BCUT2D eigenvalue weighted by Gasteiger charge is 2.13. The molecule has 1 aliphatic heterocycles. The summed E-state index contributed by atoms with van der Waals surface area (Å²) in [5.41, 5.74) is 3.65. The van der Waals surface area contributed by atoms with Crippen LogP contribution in [0.15, 0.2) is 42.5 Å². The van der Waals surface area contributed by atoms with Gasteiger partial charge in [-0.05, 0) is 67.4 Å². The molecule has 0 radical (unpaired) electrons. The number of aryl methyl sites for hydroxylation is 1. The number of nitrogens with zero attached hydrogens (tertiary/aromatic N) is 2. The number of fused-ring (bicyclic) bond motifs is 1. The van der Waals surface area contributed by atoms with Gasteiger partial charge < -0.3 is 15.5 Å². The number of rotatable bonds is 4. The minimum Gasteiger partial charge on any atom is -0.355 e. The normalized spacial score (nSPS) is 14.6. The maximum atomic E-state index is 12.5. The molecule has 0 aliphatic carbocycles. The molecule has 2 aromatic carbocycles. The number of carbonyl (C=O) groups excluding carboxylic acids is 1. The van der Waals surface area contributed by atoms with Crippen molar-refractivity contribution in [1.82, 2.24) is 10.3 Å². The van der Waals surface area contributed by atoms with Crippen molar-refractivity contribution in [3.05, 3.63) is 63.6 Å². The predicted octanol–water partition coefficient (Wildman–Crippen LogP) is 4.83. The van der Waals surface area contributed by atoms with Gasteiger partial charge in [0, 0.05) is 30.7 Å². The summed E-state index contributed by atoms with van der Waals surface area (Å²) in [6.45, 7) is 6.08. The Balaban J connectivity index is 1.51. The Morgan fingerprint density at radius 1 is 1.10 bits per heavy atom. The molecule has 1 fully saturated rings. The van der Waals surface area contributed by atoms with Crippen LogP contribution in [0.25, 0.3) is 10.9 Å². The monoisotopic (exact) mass is 442 g/mol. The first kappa shape index (κ1) is 20.9. The Morgan fingerprint density at radius 2 is 1.97 bits per heavy atom. The van der Waals surface area contributed by atoms with Crippen LogP contribution in [0.2, 0.25) is 10.0 Å². The standard InChI is InChI=1S/C23H24Cl2N4O/c1-15-11-22(29-9-2-7-26-8-10-29)28-21-6-4-17(14-18(15)21)27-23(30)13-16-3-5-19(24)20(25)12-16/h3-6,11-12,14,26H,2,7-10,13H2,1H3,(H,27,30). The molecule has 1 saturated heterocycles. The van der Waals surface area contributed by atoms with E-state index >= 15 is 0 Å². The van der Waals surface area contributed by atoms with Gasteiger partial charge in [0.2, 0.25) is 5.91 Å². The van der Waals surface area contributed by atoms with E-state index in [-0.39, 0.29) is 12.3 Å². The number of benzene rings is 2. The van der Waals surface area contributed by atoms with E-state index < -0.39 is 0 Å². The molecular weight excluding hydrogens is 419 g/mol. The van der Waals surface area contributed by atoms with Crippen molar-refractivity contribution in [2.75, 3.05) is 36.4 Å². The Hall–Kier alpha value is -2.34. The third kappa shape index (κ3) is 4.86. The molecule has 0 saturated carbocycles. The van der Waals surface area contributed by atoms with Crippen LogP contribution in [-0.4, -0.2) is 37.1 Å². The second-order valence-electron chi connectivity index (χ2n) is 7.59. The maximum Gasteiger partial charge on any atom is 0.228 e. The fraction of sp³-hybridized carbons (Fsp3) is 0.304. The second kappa shape index (κ2) is 9.21. The van der Waals surface area contributed by atoms with Gasteiger partial charge in [-0.25, -0.2) is 4.98 Å². The number of hydrogen-bond acceptors (Lipinski definition) is 4. The molecule has 0 bridgehead atoms. The molecule has 1 aromatic heterocycles. The maximum absolute atomic E-state index is 12.5. The summed E-state index contributed by atoms with van der Waals surface area (Å²) >= 11 is 12.0. The first-order chi connectivity index (χ1) is 14.5. The van der Waals surface area contributed by atoms with Crippen LogP contribution in [0.5, 0.6) is 0 Å². The van der Waals surface area contributed by atoms with Crippen molar-refractivity contribution in [3.63, 3.8) is 0 Å². The average Bonchev–Trinajstić information content (AvgIpc) is 3.01. The Labute approximate surface area is 186 Å². The largest absolute Gasteiger partial charge is 0.355 e. The highest BCUT2D eigenvalue weighted by Crippen LogP contribution is 2.26. The van der Waals surface area contributed by atoms with E-state index in [9.17, 15) is 4.79 Å². The lowest BCUT2D eigenvalue weighted by Crippen LogP contribution is -2.28. The summed E-state index contributed by atoms with van der Waals surface area (Å²) in [7, 11) is 0. The van der Waals surface area contributed by atoms with Crippen LogP contribution < -0.4 is 15.5 Å². The van der Waals surface area contributed by atoms with Crippen LogP contribution in [0.1, 0.15) is 17.5 Å². The fourth-order valence-electron chi connectivity index (χ4n) is 3.73. The zero-order valence-corrected chi connectivity index (χ0v) is 18.4. The van der Waals surface area contributed by atoms with Gasteiger partial charge in [-0.1, -0.05) is 29.3 Å². The number of aromatic nitrogens is 1. The van der Waals surface area contributed by atoms with Crippen LogP contribution >= 0.6 is 23.2 Å². The number of hydrogen-bond donors (Lipinski definition) is 2. The predicted molar refractivity (Wildman–Crippen MR) is 125 cm³/mol. The molecule has 1 amide bonds. The number of halogens is 2. The van der Waals surface area contributed by atoms with Crippen LogP contribution in [0.3, 0.4) is 0 Å². The molecule has 30 heavy (non-hydrogen) atoms. The zero-order chi connectivity index (χ0) is 21.1. The Kier molecular flexibility index (Phi) is 6.42. The van der Waals surface area contributed by atoms with Crippen LogP contribution in [-0.2, 0) is 11.2 Å². The third-order valence-corrected chi connectivity index (χ3v) is 6.04. The van der Waals surface area contributed by atoms with Gasteiger partial charge in [0.05, 0.1) is 22.0 Å². The van der Waals surface area contributed by atoms with Crippen molar-refractivity contribution in [2.24, 2.45) is 0 Å². The average molecular weight is 443 g/mol. The van der Waals surface area contributed by atoms with Gasteiger partial charge in [0.15, 0.2) is 0 Å². The summed E-state index contributed by atoms with van der Waals surface area (Å²) in [5.74, 6) is 0.909. The number of pyridine rings is 1. The van der Waals surface area contributed by atoms with Crippen molar-refractivity contribution in [2.45, 2.75) is 19.8 Å². The summed E-state index contributed by atoms with van der Waals surface area (Å²) < 4.78 is 0. The summed E-state index contributed by atoms with van der Waals surface area (Å²) in [6.07, 6.45) is 1.34. The molecule has 156 valence electrons. The number of nitrogens with one attached hydrogen (secondary N) is 2. The molecule has 7 heteroatoms. The van der Waals surface area contributed by atoms with Crippen molar-refractivity contribution < 1.29 is 4.79 Å². The van der Waals surface area contributed by atoms with Gasteiger partial charge in [0.25, 0.3) is 0 Å². The molecule has 0 unspecified atom stereocenters.